The molecule has 1 saturated heterocycles. The number of hydrogen-bond acceptors (Lipinski definition) is 4. The highest BCUT2D eigenvalue weighted by Gasteiger charge is 2.48. The predicted octanol–water partition coefficient (Wildman–Crippen LogP) is 3.34. The van der Waals surface area contributed by atoms with E-state index < -0.39 is 17.7 Å². The Labute approximate surface area is 166 Å². The number of nitrogens with zero attached hydrogens (tertiary/aromatic N) is 1. The van der Waals surface area contributed by atoms with E-state index in [0.717, 1.165) is 11.1 Å². The van der Waals surface area contributed by atoms with Crippen LogP contribution in [0.2, 0.25) is 0 Å². The second-order valence-electron chi connectivity index (χ2n) is 7.74. The fraction of sp³-hybridized carbons (Fsp3) is 0.500. The summed E-state index contributed by atoms with van der Waals surface area (Å²) in [6.07, 6.45) is -2.36. The van der Waals surface area contributed by atoms with Crippen LogP contribution in [0.3, 0.4) is 0 Å². The van der Waals surface area contributed by atoms with Crippen LogP contribution in [0, 0.1) is 5.41 Å². The molecule has 6 nitrogen and oxygen atoms in total. The number of benzene rings is 1. The third-order valence-corrected chi connectivity index (χ3v) is 5.87. The maximum absolute atomic E-state index is 13.1. The summed E-state index contributed by atoms with van der Waals surface area (Å²) in [6, 6.07) is 5.12. The molecule has 1 fully saturated rings. The van der Waals surface area contributed by atoms with Crippen molar-refractivity contribution >= 4 is 11.8 Å². The summed E-state index contributed by atoms with van der Waals surface area (Å²) in [6.45, 7) is 3.36. The Balaban J connectivity index is 1.73. The maximum Gasteiger partial charge on any atom is 0.572 e. The number of carbonyl (C=O) groups is 2. The van der Waals surface area contributed by atoms with E-state index in [0.29, 0.717) is 43.4 Å². The number of rotatable bonds is 4. The van der Waals surface area contributed by atoms with Crippen LogP contribution >= 0.6 is 0 Å². The smallest absolute Gasteiger partial charge is 0.411 e. The number of amides is 2. The highest BCUT2D eigenvalue weighted by Crippen LogP contribution is 2.44. The van der Waals surface area contributed by atoms with Gasteiger partial charge in [-0.05, 0) is 68.4 Å². The predicted molar refractivity (Wildman–Crippen MR) is 96.9 cm³/mol. The van der Waals surface area contributed by atoms with Crippen LogP contribution in [0.15, 0.2) is 29.5 Å². The van der Waals surface area contributed by atoms with Gasteiger partial charge in [0.05, 0.1) is 5.41 Å². The van der Waals surface area contributed by atoms with E-state index in [1.807, 2.05) is 0 Å². The number of ether oxygens (including phenoxy) is 1. The van der Waals surface area contributed by atoms with Crippen molar-refractivity contribution in [1.82, 2.24) is 10.4 Å². The van der Waals surface area contributed by atoms with Gasteiger partial charge in [-0.1, -0.05) is 6.07 Å². The summed E-state index contributed by atoms with van der Waals surface area (Å²) in [5.41, 5.74) is 3.70. The first-order chi connectivity index (χ1) is 13.5. The second-order valence-corrected chi connectivity index (χ2v) is 7.74. The van der Waals surface area contributed by atoms with Gasteiger partial charge in [-0.25, -0.2) is 5.48 Å². The number of aryl methyl sites for hydroxylation is 1. The second kappa shape index (κ2) is 7.70. The van der Waals surface area contributed by atoms with Crippen LogP contribution in [-0.4, -0.2) is 41.4 Å². The lowest BCUT2D eigenvalue weighted by molar-refractivity contribution is -0.305. The summed E-state index contributed by atoms with van der Waals surface area (Å²) >= 11 is 0. The Bertz CT molecular complexity index is 866. The molecule has 2 aliphatic rings. The number of likely N-dealkylation sites (tertiary alicyclic amines) is 1. The van der Waals surface area contributed by atoms with Crippen molar-refractivity contribution in [3.8, 4) is 0 Å². The average molecular weight is 412 g/mol. The summed E-state index contributed by atoms with van der Waals surface area (Å²) in [5.74, 6) is -0.885. The van der Waals surface area contributed by atoms with Crippen LogP contribution in [-0.2, 0) is 22.4 Å². The topological polar surface area (TPSA) is 78.9 Å². The van der Waals surface area contributed by atoms with E-state index in [1.165, 1.54) is 13.8 Å². The molecule has 0 bridgehead atoms. The molecule has 2 N–H and O–H groups in total. The Morgan fingerprint density at radius 2 is 2.00 bits per heavy atom. The van der Waals surface area contributed by atoms with E-state index in [1.54, 1.807) is 28.6 Å². The summed E-state index contributed by atoms with van der Waals surface area (Å²) in [7, 11) is 0. The molecule has 1 aliphatic carbocycles. The van der Waals surface area contributed by atoms with Crippen molar-refractivity contribution in [2.24, 2.45) is 5.41 Å². The van der Waals surface area contributed by atoms with E-state index in [9.17, 15) is 22.8 Å². The third kappa shape index (κ3) is 4.39. The van der Waals surface area contributed by atoms with Gasteiger partial charge in [0, 0.05) is 18.7 Å². The highest BCUT2D eigenvalue weighted by molar-refractivity contribution is 5.93. The van der Waals surface area contributed by atoms with Crippen LogP contribution in [0.25, 0.3) is 0 Å². The maximum atomic E-state index is 13.1. The Morgan fingerprint density at radius 1 is 1.28 bits per heavy atom. The molecule has 1 heterocycles. The molecule has 1 aromatic carbocycles. The highest BCUT2D eigenvalue weighted by atomic mass is 19.4. The van der Waals surface area contributed by atoms with Crippen molar-refractivity contribution < 1.29 is 32.7 Å². The third-order valence-electron chi connectivity index (χ3n) is 5.87. The van der Waals surface area contributed by atoms with Gasteiger partial charge in [0.15, 0.2) is 0 Å². The number of carbonyl (C=O) groups excluding carboxylic acids is 2. The molecule has 0 unspecified atom stereocenters. The molecule has 1 spiro atoms. The van der Waals surface area contributed by atoms with Crippen LogP contribution in [0.4, 0.5) is 13.2 Å². The standard InChI is InChI=1S/C20H23F3N2O4/c1-12(13(2)29-20(21,22)23)11-25-8-7-19(18(25)27)6-5-14-9-15(17(26)24-28)3-4-16(14)10-19/h3-4,9,28H,5-8,10-11H2,1-2H3,(H,24,26)/b13-12-/t19-/m0/s1. The van der Waals surface area contributed by atoms with E-state index in [2.05, 4.69) is 4.74 Å². The Morgan fingerprint density at radius 3 is 2.66 bits per heavy atom. The molecular weight excluding hydrogens is 389 g/mol. The average Bonchev–Trinajstić information content (AvgIpc) is 2.95. The number of alkyl halides is 3. The first kappa shape index (κ1) is 21.2. The minimum atomic E-state index is -4.75. The largest absolute Gasteiger partial charge is 0.572 e. The molecule has 2 amide bonds. The zero-order valence-corrected chi connectivity index (χ0v) is 16.2. The lowest BCUT2D eigenvalue weighted by Crippen LogP contribution is -2.39. The molecule has 3 rings (SSSR count). The Kier molecular flexibility index (Phi) is 5.62. The number of fused-ring (bicyclic) bond motifs is 1. The van der Waals surface area contributed by atoms with Gasteiger partial charge < -0.3 is 9.64 Å². The summed E-state index contributed by atoms with van der Waals surface area (Å²) in [4.78, 5) is 26.3. The van der Waals surface area contributed by atoms with Crippen molar-refractivity contribution in [2.45, 2.75) is 45.9 Å². The van der Waals surface area contributed by atoms with Gasteiger partial charge in [-0.15, -0.1) is 13.2 Å². The SMILES string of the molecule is C/C(CN1CC[C@]2(CCc3cc(C(=O)NO)ccc3C2)C1=O)=C(\C)OC(F)(F)F. The first-order valence-electron chi connectivity index (χ1n) is 9.32. The van der Waals surface area contributed by atoms with Crippen molar-refractivity contribution in [3.05, 3.63) is 46.2 Å². The molecule has 29 heavy (non-hydrogen) atoms. The van der Waals surface area contributed by atoms with Crippen LogP contribution in [0.1, 0.15) is 48.2 Å². The van der Waals surface area contributed by atoms with Crippen LogP contribution in [0.5, 0.6) is 0 Å². The normalized spacial score (nSPS) is 22.4. The number of allylic oxidation sites excluding steroid dienone is 1. The number of nitrogens with one attached hydrogen (secondary N) is 1. The van der Waals surface area contributed by atoms with Gasteiger partial charge in [0.1, 0.15) is 5.76 Å². The van der Waals surface area contributed by atoms with E-state index in [4.69, 9.17) is 5.21 Å². The van der Waals surface area contributed by atoms with Crippen molar-refractivity contribution in [3.63, 3.8) is 0 Å². The van der Waals surface area contributed by atoms with Crippen molar-refractivity contribution in [1.29, 1.82) is 0 Å². The number of hydrogen-bond donors (Lipinski definition) is 2. The summed E-state index contributed by atoms with van der Waals surface area (Å²) in [5, 5.41) is 8.77. The number of hydroxylamine groups is 1. The molecule has 1 atom stereocenters. The van der Waals surface area contributed by atoms with E-state index in [-0.39, 0.29) is 18.2 Å². The number of halogens is 3. The molecule has 1 aromatic rings. The van der Waals surface area contributed by atoms with Gasteiger partial charge in [0.2, 0.25) is 5.91 Å². The molecule has 1 aliphatic heterocycles. The fourth-order valence-corrected chi connectivity index (χ4v) is 4.16. The zero-order chi connectivity index (χ0) is 21.4. The minimum absolute atomic E-state index is 0.0560. The molecule has 0 aromatic heterocycles. The van der Waals surface area contributed by atoms with Gasteiger partial charge in [-0.3, -0.25) is 14.8 Å². The zero-order valence-electron chi connectivity index (χ0n) is 16.2. The summed E-state index contributed by atoms with van der Waals surface area (Å²) < 4.78 is 41.2. The molecular formula is C20H23F3N2O4. The monoisotopic (exact) mass is 412 g/mol. The lowest BCUT2D eigenvalue weighted by Gasteiger charge is -2.33. The Hall–Kier alpha value is -2.55. The van der Waals surface area contributed by atoms with Gasteiger partial charge >= 0.3 is 6.36 Å². The van der Waals surface area contributed by atoms with Crippen molar-refractivity contribution in [2.75, 3.05) is 13.1 Å². The minimum Gasteiger partial charge on any atom is -0.411 e. The molecule has 9 heteroatoms. The fourth-order valence-electron chi connectivity index (χ4n) is 4.16. The van der Waals surface area contributed by atoms with E-state index >= 15 is 0 Å². The quantitative estimate of drug-likeness (QED) is 0.452. The van der Waals surface area contributed by atoms with Crippen LogP contribution < -0.4 is 5.48 Å². The molecule has 158 valence electrons. The first-order valence-corrected chi connectivity index (χ1v) is 9.32. The van der Waals surface area contributed by atoms with Gasteiger partial charge in [-0.2, -0.15) is 0 Å². The van der Waals surface area contributed by atoms with Gasteiger partial charge in [0.25, 0.3) is 5.91 Å². The molecule has 0 radical (unpaired) electrons. The lowest BCUT2D eigenvalue weighted by atomic mass is 9.70. The molecule has 0 saturated carbocycles.